The minimum atomic E-state index is -0.0165. The van der Waals surface area contributed by atoms with Crippen LogP contribution in [0.5, 0.6) is 0 Å². The normalized spacial score (nSPS) is 23.8. The summed E-state index contributed by atoms with van der Waals surface area (Å²) >= 11 is 3.51. The number of amides is 1. The van der Waals surface area contributed by atoms with Crippen molar-refractivity contribution in [2.24, 2.45) is 0 Å². The highest BCUT2D eigenvalue weighted by molar-refractivity contribution is 9.10. The maximum Gasteiger partial charge on any atom is 0.220 e. The first-order valence-corrected chi connectivity index (χ1v) is 6.90. The van der Waals surface area contributed by atoms with Crippen LogP contribution in [0.2, 0.25) is 0 Å². The Balaban J connectivity index is 2.18. The molecule has 1 amide bonds. The molecule has 1 unspecified atom stereocenters. The number of aryl methyl sites for hydroxylation is 1. The van der Waals surface area contributed by atoms with Gasteiger partial charge in [0.1, 0.15) is 0 Å². The molecular formula is C14H18BrNO. The van der Waals surface area contributed by atoms with Crippen molar-refractivity contribution in [2.75, 3.05) is 0 Å². The third-order valence-corrected chi connectivity index (χ3v) is 4.57. The smallest absolute Gasteiger partial charge is 0.220 e. The highest BCUT2D eigenvalue weighted by atomic mass is 79.9. The van der Waals surface area contributed by atoms with Gasteiger partial charge in [-0.05, 0) is 43.4 Å². The summed E-state index contributed by atoms with van der Waals surface area (Å²) in [4.78, 5) is 11.4. The van der Waals surface area contributed by atoms with Gasteiger partial charge in [0.2, 0.25) is 5.91 Å². The summed E-state index contributed by atoms with van der Waals surface area (Å²) in [5, 5.41) is 3.15. The van der Waals surface area contributed by atoms with Crippen molar-refractivity contribution < 1.29 is 4.79 Å². The molecule has 1 aliphatic heterocycles. The fourth-order valence-corrected chi connectivity index (χ4v) is 2.75. The van der Waals surface area contributed by atoms with Gasteiger partial charge in [0, 0.05) is 16.4 Å². The summed E-state index contributed by atoms with van der Waals surface area (Å²) in [6, 6.07) is 6.43. The first kappa shape index (κ1) is 12.6. The Morgan fingerprint density at radius 2 is 2.24 bits per heavy atom. The SMILES string of the molecule is CCC1(Cc2ccc(Br)c(C)c2)CCC(=O)N1. The zero-order valence-electron chi connectivity index (χ0n) is 10.3. The third-order valence-electron chi connectivity index (χ3n) is 3.68. The topological polar surface area (TPSA) is 29.1 Å². The molecule has 1 saturated heterocycles. The monoisotopic (exact) mass is 295 g/mol. The molecule has 0 bridgehead atoms. The van der Waals surface area contributed by atoms with Crippen molar-refractivity contribution >= 4 is 21.8 Å². The average Bonchev–Trinajstić information content (AvgIpc) is 2.66. The van der Waals surface area contributed by atoms with Crippen LogP contribution < -0.4 is 5.32 Å². The maximum absolute atomic E-state index is 11.4. The summed E-state index contributed by atoms with van der Waals surface area (Å²) in [6.45, 7) is 4.25. The molecule has 1 aromatic rings. The molecular weight excluding hydrogens is 278 g/mol. The molecule has 0 spiro atoms. The molecule has 17 heavy (non-hydrogen) atoms. The first-order chi connectivity index (χ1) is 8.04. The molecule has 0 saturated carbocycles. The van der Waals surface area contributed by atoms with Crippen LogP contribution in [0.3, 0.4) is 0 Å². The second kappa shape index (κ2) is 4.81. The van der Waals surface area contributed by atoms with Gasteiger partial charge < -0.3 is 5.32 Å². The number of benzene rings is 1. The van der Waals surface area contributed by atoms with Crippen LogP contribution in [0.1, 0.15) is 37.3 Å². The van der Waals surface area contributed by atoms with Crippen LogP contribution in [-0.4, -0.2) is 11.4 Å². The zero-order chi connectivity index (χ0) is 12.5. The Morgan fingerprint density at radius 3 is 2.76 bits per heavy atom. The maximum atomic E-state index is 11.4. The van der Waals surface area contributed by atoms with Crippen molar-refractivity contribution in [3.8, 4) is 0 Å². The molecule has 3 heteroatoms. The fraction of sp³-hybridized carbons (Fsp3) is 0.500. The van der Waals surface area contributed by atoms with Gasteiger partial charge in [-0.15, -0.1) is 0 Å². The van der Waals surface area contributed by atoms with Crippen LogP contribution in [0, 0.1) is 6.92 Å². The average molecular weight is 296 g/mol. The molecule has 1 N–H and O–H groups in total. The van der Waals surface area contributed by atoms with E-state index in [9.17, 15) is 4.79 Å². The number of halogens is 1. The lowest BCUT2D eigenvalue weighted by Crippen LogP contribution is -2.42. The Hall–Kier alpha value is -0.830. The molecule has 2 rings (SSSR count). The van der Waals surface area contributed by atoms with Crippen molar-refractivity contribution in [2.45, 2.75) is 45.1 Å². The van der Waals surface area contributed by atoms with E-state index in [2.05, 4.69) is 53.3 Å². The van der Waals surface area contributed by atoms with Crippen molar-refractivity contribution in [1.29, 1.82) is 0 Å². The molecule has 1 atom stereocenters. The Labute approximate surface area is 111 Å². The minimum Gasteiger partial charge on any atom is -0.350 e. The van der Waals surface area contributed by atoms with Gasteiger partial charge >= 0.3 is 0 Å². The number of nitrogens with one attached hydrogen (secondary N) is 1. The van der Waals surface area contributed by atoms with Crippen LogP contribution in [0.4, 0.5) is 0 Å². The van der Waals surface area contributed by atoms with Gasteiger partial charge in [-0.25, -0.2) is 0 Å². The van der Waals surface area contributed by atoms with Gasteiger partial charge in [0.25, 0.3) is 0 Å². The van der Waals surface area contributed by atoms with Crippen molar-refractivity contribution in [3.05, 3.63) is 33.8 Å². The quantitative estimate of drug-likeness (QED) is 0.910. The highest BCUT2D eigenvalue weighted by Crippen LogP contribution is 2.29. The number of hydrogen-bond donors (Lipinski definition) is 1. The Kier molecular flexibility index (Phi) is 3.57. The molecule has 1 heterocycles. The van der Waals surface area contributed by atoms with Gasteiger partial charge in [-0.2, -0.15) is 0 Å². The summed E-state index contributed by atoms with van der Waals surface area (Å²) < 4.78 is 1.14. The molecule has 1 aliphatic rings. The first-order valence-electron chi connectivity index (χ1n) is 6.11. The van der Waals surface area contributed by atoms with Crippen LogP contribution in [-0.2, 0) is 11.2 Å². The molecule has 0 aromatic heterocycles. The van der Waals surface area contributed by atoms with Gasteiger partial charge in [0.15, 0.2) is 0 Å². The van der Waals surface area contributed by atoms with E-state index in [4.69, 9.17) is 0 Å². The Bertz CT molecular complexity index is 444. The summed E-state index contributed by atoms with van der Waals surface area (Å²) in [5.41, 5.74) is 2.53. The molecule has 0 radical (unpaired) electrons. The Morgan fingerprint density at radius 1 is 1.47 bits per heavy atom. The lowest BCUT2D eigenvalue weighted by atomic mass is 9.86. The number of rotatable bonds is 3. The second-order valence-electron chi connectivity index (χ2n) is 4.94. The molecule has 92 valence electrons. The van der Waals surface area contributed by atoms with Gasteiger partial charge in [-0.1, -0.05) is 35.0 Å². The van der Waals surface area contributed by atoms with E-state index in [0.717, 1.165) is 23.7 Å². The largest absolute Gasteiger partial charge is 0.350 e. The fourth-order valence-electron chi connectivity index (χ4n) is 2.50. The van der Waals surface area contributed by atoms with Gasteiger partial charge in [-0.3, -0.25) is 4.79 Å². The van der Waals surface area contributed by atoms with Gasteiger partial charge in [0.05, 0.1) is 0 Å². The molecule has 1 fully saturated rings. The molecule has 0 aliphatic carbocycles. The highest BCUT2D eigenvalue weighted by Gasteiger charge is 2.35. The predicted octanol–water partition coefficient (Wildman–Crippen LogP) is 3.36. The lowest BCUT2D eigenvalue weighted by Gasteiger charge is -2.28. The van der Waals surface area contributed by atoms with Crippen LogP contribution in [0.15, 0.2) is 22.7 Å². The van der Waals surface area contributed by atoms with E-state index in [1.165, 1.54) is 11.1 Å². The molecule has 1 aromatic carbocycles. The van der Waals surface area contributed by atoms with E-state index in [1.54, 1.807) is 0 Å². The summed E-state index contributed by atoms with van der Waals surface area (Å²) in [7, 11) is 0. The van der Waals surface area contributed by atoms with Crippen molar-refractivity contribution in [1.82, 2.24) is 5.32 Å². The standard InChI is InChI=1S/C14H18BrNO/c1-3-14(7-6-13(17)16-14)9-11-4-5-12(15)10(2)8-11/h4-5,8H,3,6-7,9H2,1-2H3,(H,16,17). The number of carbonyl (C=O) groups excluding carboxylic acids is 1. The third kappa shape index (κ3) is 2.71. The van der Waals surface area contributed by atoms with E-state index in [-0.39, 0.29) is 11.4 Å². The minimum absolute atomic E-state index is 0.0165. The summed E-state index contributed by atoms with van der Waals surface area (Å²) in [6.07, 6.45) is 3.55. The second-order valence-corrected chi connectivity index (χ2v) is 5.80. The van der Waals surface area contributed by atoms with E-state index in [0.29, 0.717) is 6.42 Å². The number of carbonyl (C=O) groups is 1. The predicted molar refractivity (Wildman–Crippen MR) is 73.0 cm³/mol. The van der Waals surface area contributed by atoms with Crippen molar-refractivity contribution in [3.63, 3.8) is 0 Å². The summed E-state index contributed by atoms with van der Waals surface area (Å²) in [5.74, 6) is 0.195. The van der Waals surface area contributed by atoms with E-state index >= 15 is 0 Å². The zero-order valence-corrected chi connectivity index (χ0v) is 11.9. The lowest BCUT2D eigenvalue weighted by molar-refractivity contribution is -0.119. The molecule has 2 nitrogen and oxygen atoms in total. The van der Waals surface area contributed by atoms with E-state index in [1.807, 2.05) is 0 Å². The number of hydrogen-bond acceptors (Lipinski definition) is 1. The van der Waals surface area contributed by atoms with Crippen LogP contribution in [0.25, 0.3) is 0 Å². The van der Waals surface area contributed by atoms with E-state index < -0.39 is 0 Å². The van der Waals surface area contributed by atoms with Crippen LogP contribution >= 0.6 is 15.9 Å².